The normalized spacial score (nSPS) is 13.9. The van der Waals surface area contributed by atoms with Crippen LogP contribution in [0.2, 0.25) is 0 Å². The molecule has 104 valence electrons. The summed E-state index contributed by atoms with van der Waals surface area (Å²) in [5.41, 5.74) is -4.19. The lowest BCUT2D eigenvalue weighted by atomic mass is 10.4. The maximum atomic E-state index is 11.7. The fourth-order valence-electron chi connectivity index (χ4n) is 0.928. The van der Waals surface area contributed by atoms with Gasteiger partial charge in [0.2, 0.25) is 0 Å². The minimum atomic E-state index is -4.19. The number of aliphatic hydroxyl groups excluding tert-OH is 1. The molecule has 0 aliphatic heterocycles. The van der Waals surface area contributed by atoms with Gasteiger partial charge in [0.25, 0.3) is 0 Å². The van der Waals surface area contributed by atoms with Crippen LogP contribution in [0.25, 0.3) is 0 Å². The summed E-state index contributed by atoms with van der Waals surface area (Å²) in [4.78, 5) is 0. The summed E-state index contributed by atoms with van der Waals surface area (Å²) in [6, 6.07) is 0. The second-order valence-corrected chi connectivity index (χ2v) is 4.38. The van der Waals surface area contributed by atoms with Gasteiger partial charge in [-0.2, -0.15) is 13.2 Å². The van der Waals surface area contributed by atoms with Gasteiger partial charge in [0.1, 0.15) is 0 Å². The van der Waals surface area contributed by atoms with E-state index in [4.69, 9.17) is 9.47 Å². The smallest absolute Gasteiger partial charge is 0.389 e. The second-order valence-electron chi connectivity index (χ2n) is 3.22. The fraction of sp³-hybridized carbons (Fsp3) is 1.00. The zero-order chi connectivity index (χ0) is 13.1. The summed E-state index contributed by atoms with van der Waals surface area (Å²) in [6.45, 7) is 1.38. The fourth-order valence-corrected chi connectivity index (χ4v) is 1.41. The molecule has 0 saturated heterocycles. The van der Waals surface area contributed by atoms with Crippen molar-refractivity contribution >= 4 is 11.8 Å². The lowest BCUT2D eigenvalue weighted by Crippen LogP contribution is -2.32. The Morgan fingerprint density at radius 1 is 1.35 bits per heavy atom. The average Bonchev–Trinajstić information content (AvgIpc) is 2.22. The van der Waals surface area contributed by atoms with Crippen molar-refractivity contribution in [3.63, 3.8) is 0 Å². The Balaban J connectivity index is 3.24. The number of rotatable bonds is 10. The Kier molecular flexibility index (Phi) is 9.94. The molecular formula is C9H18F3NO3S. The molecule has 1 atom stereocenters. The van der Waals surface area contributed by atoms with E-state index in [-0.39, 0.29) is 37.2 Å². The van der Waals surface area contributed by atoms with Gasteiger partial charge in [0, 0.05) is 26.0 Å². The van der Waals surface area contributed by atoms with Crippen LogP contribution >= 0.6 is 11.8 Å². The maximum Gasteiger partial charge on any atom is 0.441 e. The van der Waals surface area contributed by atoms with Gasteiger partial charge in [-0.15, -0.1) is 0 Å². The van der Waals surface area contributed by atoms with E-state index in [0.29, 0.717) is 13.2 Å². The van der Waals surface area contributed by atoms with Crippen molar-refractivity contribution in [3.8, 4) is 0 Å². The molecule has 0 amide bonds. The van der Waals surface area contributed by atoms with Crippen molar-refractivity contribution in [1.82, 2.24) is 5.32 Å². The molecule has 0 saturated carbocycles. The summed E-state index contributed by atoms with van der Waals surface area (Å²) >= 11 is -0.0822. The Hall–Kier alpha value is -0.0200. The molecule has 0 bridgehead atoms. The Labute approximate surface area is 103 Å². The van der Waals surface area contributed by atoms with Gasteiger partial charge in [0.05, 0.1) is 25.9 Å². The number of aliphatic hydroxyl groups is 1. The Morgan fingerprint density at radius 2 is 2.06 bits per heavy atom. The second kappa shape index (κ2) is 9.95. The Morgan fingerprint density at radius 3 is 2.65 bits per heavy atom. The van der Waals surface area contributed by atoms with Crippen molar-refractivity contribution in [3.05, 3.63) is 0 Å². The van der Waals surface area contributed by atoms with Crippen LogP contribution in [-0.2, 0) is 9.47 Å². The number of halogens is 3. The predicted molar refractivity (Wildman–Crippen MR) is 60.1 cm³/mol. The van der Waals surface area contributed by atoms with Crippen LogP contribution in [0.1, 0.15) is 0 Å². The predicted octanol–water partition coefficient (Wildman–Crippen LogP) is 0.853. The third kappa shape index (κ3) is 13.9. The van der Waals surface area contributed by atoms with Crippen molar-refractivity contribution in [2.75, 3.05) is 45.8 Å². The van der Waals surface area contributed by atoms with Gasteiger partial charge in [0.15, 0.2) is 0 Å². The number of ether oxygens (including phenoxy) is 2. The molecule has 0 radical (unpaired) electrons. The van der Waals surface area contributed by atoms with Crippen LogP contribution in [0.15, 0.2) is 0 Å². The lowest BCUT2D eigenvalue weighted by molar-refractivity contribution is -0.0327. The monoisotopic (exact) mass is 277 g/mol. The van der Waals surface area contributed by atoms with E-state index in [1.165, 1.54) is 0 Å². The van der Waals surface area contributed by atoms with Crippen molar-refractivity contribution in [2.45, 2.75) is 11.6 Å². The summed E-state index contributed by atoms with van der Waals surface area (Å²) in [6.07, 6.45) is -0.720. The molecule has 0 rings (SSSR count). The van der Waals surface area contributed by atoms with Crippen LogP contribution in [0, 0.1) is 0 Å². The highest BCUT2D eigenvalue weighted by atomic mass is 32.2. The number of thioether (sulfide) groups is 1. The van der Waals surface area contributed by atoms with Gasteiger partial charge in [-0.05, 0) is 11.8 Å². The van der Waals surface area contributed by atoms with E-state index in [2.05, 4.69) is 5.32 Å². The molecule has 17 heavy (non-hydrogen) atoms. The average molecular weight is 277 g/mol. The first-order chi connectivity index (χ1) is 7.95. The number of hydrogen-bond acceptors (Lipinski definition) is 5. The van der Waals surface area contributed by atoms with Gasteiger partial charge < -0.3 is 19.9 Å². The molecule has 2 N–H and O–H groups in total. The van der Waals surface area contributed by atoms with Crippen molar-refractivity contribution < 1.29 is 27.8 Å². The Bertz CT molecular complexity index is 183. The minimum Gasteiger partial charge on any atom is -0.389 e. The molecular weight excluding hydrogens is 259 g/mol. The summed E-state index contributed by atoms with van der Waals surface area (Å²) in [7, 11) is 1.54. The van der Waals surface area contributed by atoms with E-state index < -0.39 is 11.6 Å². The molecule has 0 aliphatic carbocycles. The summed E-state index contributed by atoms with van der Waals surface area (Å²) in [5.74, 6) is -0.0687. The zero-order valence-electron chi connectivity index (χ0n) is 9.63. The van der Waals surface area contributed by atoms with E-state index in [9.17, 15) is 18.3 Å². The molecule has 0 fully saturated rings. The van der Waals surface area contributed by atoms with Crippen molar-refractivity contribution in [2.24, 2.45) is 0 Å². The number of hydrogen-bond donors (Lipinski definition) is 2. The van der Waals surface area contributed by atoms with E-state index in [1.54, 1.807) is 7.11 Å². The largest absolute Gasteiger partial charge is 0.441 e. The van der Waals surface area contributed by atoms with Gasteiger partial charge in [-0.25, -0.2) is 0 Å². The SMILES string of the molecule is COCCOCC(O)CNCCSC(F)(F)F. The molecule has 0 aromatic heterocycles. The first-order valence-corrected chi connectivity index (χ1v) is 6.10. The highest BCUT2D eigenvalue weighted by Gasteiger charge is 2.27. The van der Waals surface area contributed by atoms with Crippen molar-refractivity contribution in [1.29, 1.82) is 0 Å². The van der Waals surface area contributed by atoms with Crippen LogP contribution < -0.4 is 5.32 Å². The first-order valence-electron chi connectivity index (χ1n) is 5.12. The van der Waals surface area contributed by atoms with E-state index >= 15 is 0 Å². The van der Waals surface area contributed by atoms with Crippen LogP contribution in [0.4, 0.5) is 13.2 Å². The topological polar surface area (TPSA) is 50.7 Å². The zero-order valence-corrected chi connectivity index (χ0v) is 10.4. The lowest BCUT2D eigenvalue weighted by Gasteiger charge is -2.12. The molecule has 0 aliphatic rings. The molecule has 0 heterocycles. The quantitative estimate of drug-likeness (QED) is 0.580. The standard InChI is InChI=1S/C9H18F3NO3S/c1-15-3-4-16-7-8(14)6-13-2-5-17-9(10,11)12/h8,13-14H,2-7H2,1H3. The van der Waals surface area contributed by atoms with Gasteiger partial charge >= 0.3 is 5.51 Å². The van der Waals surface area contributed by atoms with E-state index in [0.717, 1.165) is 0 Å². The molecule has 1 unspecified atom stereocenters. The molecule has 0 spiro atoms. The number of methoxy groups -OCH3 is 1. The number of alkyl halides is 3. The van der Waals surface area contributed by atoms with Crippen LogP contribution in [-0.4, -0.2) is 62.5 Å². The molecule has 0 aromatic carbocycles. The third-order valence-corrected chi connectivity index (χ3v) is 2.40. The highest BCUT2D eigenvalue weighted by Crippen LogP contribution is 2.29. The molecule has 4 nitrogen and oxygen atoms in total. The molecule has 0 aromatic rings. The van der Waals surface area contributed by atoms with Gasteiger partial charge in [-0.3, -0.25) is 0 Å². The third-order valence-electron chi connectivity index (χ3n) is 1.67. The molecule has 8 heteroatoms. The maximum absolute atomic E-state index is 11.7. The highest BCUT2D eigenvalue weighted by molar-refractivity contribution is 8.00. The van der Waals surface area contributed by atoms with Crippen LogP contribution in [0.3, 0.4) is 0 Å². The van der Waals surface area contributed by atoms with Crippen LogP contribution in [0.5, 0.6) is 0 Å². The van der Waals surface area contributed by atoms with Gasteiger partial charge in [-0.1, -0.05) is 0 Å². The summed E-state index contributed by atoms with van der Waals surface area (Å²) in [5, 5.41) is 12.1. The minimum absolute atomic E-state index is 0.0687. The first kappa shape index (κ1) is 17.0. The number of nitrogens with one attached hydrogen (secondary N) is 1. The summed E-state index contributed by atoms with van der Waals surface area (Å²) < 4.78 is 45.0. The van der Waals surface area contributed by atoms with E-state index in [1.807, 2.05) is 0 Å².